The van der Waals surface area contributed by atoms with Gasteiger partial charge in [0.25, 0.3) is 0 Å². The van der Waals surface area contributed by atoms with Gasteiger partial charge in [0, 0.05) is 12.5 Å². The lowest BCUT2D eigenvalue weighted by atomic mass is 10.0. The third-order valence-corrected chi connectivity index (χ3v) is 2.09. The number of hydrogen-bond acceptors (Lipinski definition) is 1. The average Bonchev–Trinajstić information content (AvgIpc) is 2.02. The first-order chi connectivity index (χ1) is 6.10. The molecule has 0 aromatic heterocycles. The Labute approximate surface area is 82.1 Å². The van der Waals surface area contributed by atoms with Gasteiger partial charge in [-0.3, -0.25) is 4.79 Å². The Balaban J connectivity index is 3.76. The van der Waals surface area contributed by atoms with E-state index in [1.165, 1.54) is 0 Å². The predicted octanol–water partition coefficient (Wildman–Crippen LogP) is 2.73. The van der Waals surface area contributed by atoms with E-state index in [4.69, 9.17) is 0 Å². The first kappa shape index (κ1) is 12.5. The molecule has 13 heavy (non-hydrogen) atoms. The highest BCUT2D eigenvalue weighted by Crippen LogP contribution is 2.07. The third kappa shape index (κ3) is 6.62. The number of amides is 1. The van der Waals surface area contributed by atoms with E-state index in [1.807, 2.05) is 6.92 Å². The molecule has 2 nitrogen and oxygen atoms in total. The Morgan fingerprint density at radius 3 is 2.31 bits per heavy atom. The van der Waals surface area contributed by atoms with Crippen molar-refractivity contribution in [2.75, 3.05) is 0 Å². The van der Waals surface area contributed by atoms with E-state index < -0.39 is 0 Å². The van der Waals surface area contributed by atoms with Crippen LogP contribution in [0.15, 0.2) is 0 Å². The highest BCUT2D eigenvalue weighted by molar-refractivity contribution is 5.76. The minimum atomic E-state index is 0.204. The molecule has 0 aliphatic heterocycles. The van der Waals surface area contributed by atoms with Crippen LogP contribution in [0.25, 0.3) is 0 Å². The van der Waals surface area contributed by atoms with Crippen molar-refractivity contribution in [2.45, 2.75) is 59.4 Å². The Morgan fingerprint density at radius 2 is 1.92 bits per heavy atom. The molecule has 0 fully saturated rings. The summed E-state index contributed by atoms with van der Waals surface area (Å²) in [7, 11) is 0. The lowest BCUT2D eigenvalue weighted by Crippen LogP contribution is -2.35. The molecule has 0 aromatic rings. The fraction of sp³-hybridized carbons (Fsp3) is 0.909. The van der Waals surface area contributed by atoms with Crippen molar-refractivity contribution >= 4 is 5.91 Å². The molecule has 0 rings (SSSR count). The molecule has 0 spiro atoms. The Bertz CT molecular complexity index is 143. The second kappa shape index (κ2) is 6.93. The molecular weight excluding hydrogens is 162 g/mol. The summed E-state index contributed by atoms with van der Waals surface area (Å²) in [4.78, 5) is 11.3. The molecule has 0 bridgehead atoms. The van der Waals surface area contributed by atoms with Crippen LogP contribution in [0.1, 0.15) is 53.4 Å². The van der Waals surface area contributed by atoms with Gasteiger partial charge in [-0.05, 0) is 25.2 Å². The molecule has 2 heteroatoms. The molecule has 0 saturated carbocycles. The zero-order valence-electron chi connectivity index (χ0n) is 9.39. The van der Waals surface area contributed by atoms with Crippen LogP contribution in [0.2, 0.25) is 0 Å². The Morgan fingerprint density at radius 1 is 1.31 bits per heavy atom. The smallest absolute Gasteiger partial charge is 0.220 e. The summed E-state index contributed by atoms with van der Waals surface area (Å²) in [5.74, 6) is 0.863. The van der Waals surface area contributed by atoms with Crippen LogP contribution >= 0.6 is 0 Å². The van der Waals surface area contributed by atoms with Crippen molar-refractivity contribution in [3.8, 4) is 0 Å². The summed E-state index contributed by atoms with van der Waals surface area (Å²) in [6, 6.07) is 0.374. The van der Waals surface area contributed by atoms with E-state index in [0.717, 1.165) is 19.3 Å². The summed E-state index contributed by atoms with van der Waals surface area (Å²) in [6.45, 7) is 8.53. The molecule has 0 saturated heterocycles. The van der Waals surface area contributed by atoms with Crippen molar-refractivity contribution in [2.24, 2.45) is 5.92 Å². The second-order valence-electron chi connectivity index (χ2n) is 4.05. The molecule has 0 aliphatic carbocycles. The highest BCUT2D eigenvalue weighted by atomic mass is 16.1. The van der Waals surface area contributed by atoms with Gasteiger partial charge < -0.3 is 5.32 Å². The van der Waals surface area contributed by atoms with E-state index in [0.29, 0.717) is 18.4 Å². The van der Waals surface area contributed by atoms with Gasteiger partial charge in [-0.1, -0.05) is 27.7 Å². The lowest BCUT2D eigenvalue weighted by molar-refractivity contribution is -0.121. The van der Waals surface area contributed by atoms with Crippen LogP contribution < -0.4 is 5.32 Å². The van der Waals surface area contributed by atoms with Gasteiger partial charge in [-0.2, -0.15) is 0 Å². The molecule has 0 heterocycles. The Hall–Kier alpha value is -0.530. The zero-order chi connectivity index (χ0) is 10.3. The van der Waals surface area contributed by atoms with Crippen molar-refractivity contribution < 1.29 is 4.79 Å². The van der Waals surface area contributed by atoms with Crippen molar-refractivity contribution in [1.29, 1.82) is 0 Å². The zero-order valence-corrected chi connectivity index (χ0v) is 9.39. The monoisotopic (exact) mass is 185 g/mol. The standard InChI is InChI=1S/C11H23NO/c1-5-7-11(13)12-10(6-2)8-9(3)4/h9-10H,5-8H2,1-4H3,(H,12,13). The fourth-order valence-electron chi connectivity index (χ4n) is 1.42. The quantitative estimate of drug-likeness (QED) is 0.677. The van der Waals surface area contributed by atoms with Gasteiger partial charge in [-0.15, -0.1) is 0 Å². The number of hydrogen-bond donors (Lipinski definition) is 1. The van der Waals surface area contributed by atoms with Crippen LogP contribution in [0.3, 0.4) is 0 Å². The molecule has 1 atom stereocenters. The van der Waals surface area contributed by atoms with Crippen molar-refractivity contribution in [3.05, 3.63) is 0 Å². The molecule has 0 aromatic carbocycles. The van der Waals surface area contributed by atoms with Crippen molar-refractivity contribution in [1.82, 2.24) is 5.32 Å². The average molecular weight is 185 g/mol. The molecular formula is C11H23NO. The first-order valence-corrected chi connectivity index (χ1v) is 5.39. The van der Waals surface area contributed by atoms with Gasteiger partial charge in [0.05, 0.1) is 0 Å². The van der Waals surface area contributed by atoms with Crippen LogP contribution in [0.5, 0.6) is 0 Å². The molecule has 1 unspecified atom stereocenters. The SMILES string of the molecule is CCCC(=O)NC(CC)CC(C)C. The summed E-state index contributed by atoms with van der Waals surface area (Å²) >= 11 is 0. The molecule has 0 aliphatic rings. The maximum Gasteiger partial charge on any atom is 0.220 e. The highest BCUT2D eigenvalue weighted by Gasteiger charge is 2.10. The van der Waals surface area contributed by atoms with Gasteiger partial charge >= 0.3 is 0 Å². The van der Waals surface area contributed by atoms with E-state index in [-0.39, 0.29) is 5.91 Å². The minimum absolute atomic E-state index is 0.204. The summed E-state index contributed by atoms with van der Waals surface area (Å²) in [6.07, 6.45) is 3.72. The third-order valence-electron chi connectivity index (χ3n) is 2.09. The number of carbonyl (C=O) groups is 1. The molecule has 78 valence electrons. The van der Waals surface area contributed by atoms with Gasteiger partial charge in [0.15, 0.2) is 0 Å². The predicted molar refractivity (Wildman–Crippen MR) is 56.6 cm³/mol. The first-order valence-electron chi connectivity index (χ1n) is 5.39. The maximum absolute atomic E-state index is 11.3. The minimum Gasteiger partial charge on any atom is -0.353 e. The van der Waals surface area contributed by atoms with E-state index >= 15 is 0 Å². The van der Waals surface area contributed by atoms with Gasteiger partial charge in [0.1, 0.15) is 0 Å². The van der Waals surface area contributed by atoms with Crippen molar-refractivity contribution in [3.63, 3.8) is 0 Å². The molecule has 1 N–H and O–H groups in total. The maximum atomic E-state index is 11.3. The van der Waals surface area contributed by atoms with E-state index in [2.05, 4.69) is 26.1 Å². The van der Waals surface area contributed by atoms with Gasteiger partial charge in [0.2, 0.25) is 5.91 Å². The Kier molecular flexibility index (Phi) is 6.65. The van der Waals surface area contributed by atoms with Crippen LogP contribution in [-0.4, -0.2) is 11.9 Å². The topological polar surface area (TPSA) is 29.1 Å². The summed E-state index contributed by atoms with van der Waals surface area (Å²) in [5, 5.41) is 3.06. The van der Waals surface area contributed by atoms with E-state index in [1.54, 1.807) is 0 Å². The van der Waals surface area contributed by atoms with E-state index in [9.17, 15) is 4.79 Å². The summed E-state index contributed by atoms with van der Waals surface area (Å²) < 4.78 is 0. The number of nitrogens with one attached hydrogen (secondary N) is 1. The van der Waals surface area contributed by atoms with Crippen LogP contribution in [0, 0.1) is 5.92 Å². The largest absolute Gasteiger partial charge is 0.353 e. The fourth-order valence-corrected chi connectivity index (χ4v) is 1.42. The van der Waals surface area contributed by atoms with Gasteiger partial charge in [-0.25, -0.2) is 0 Å². The molecule has 1 amide bonds. The lowest BCUT2D eigenvalue weighted by Gasteiger charge is -2.18. The normalized spacial score (nSPS) is 13.0. The second-order valence-corrected chi connectivity index (χ2v) is 4.05. The van der Waals surface area contributed by atoms with Crippen LogP contribution in [0.4, 0.5) is 0 Å². The number of carbonyl (C=O) groups excluding carboxylic acids is 1. The van der Waals surface area contributed by atoms with Crippen LogP contribution in [-0.2, 0) is 4.79 Å². The molecule has 0 radical (unpaired) electrons. The summed E-state index contributed by atoms with van der Waals surface area (Å²) in [5.41, 5.74) is 0. The number of rotatable bonds is 6.